The summed E-state index contributed by atoms with van der Waals surface area (Å²) < 4.78 is 10.9. The van der Waals surface area contributed by atoms with Crippen LogP contribution in [0.1, 0.15) is 25.3 Å². The van der Waals surface area contributed by atoms with E-state index in [-0.39, 0.29) is 11.9 Å². The molecule has 0 atom stereocenters. The lowest BCUT2D eigenvalue weighted by Crippen LogP contribution is -2.37. The lowest BCUT2D eigenvalue weighted by molar-refractivity contribution is -0.148. The van der Waals surface area contributed by atoms with Crippen molar-refractivity contribution in [1.82, 2.24) is 9.97 Å². The number of nitrogens with zero attached hydrogens (tertiary/aromatic N) is 3. The van der Waals surface area contributed by atoms with Crippen molar-refractivity contribution in [2.75, 3.05) is 24.6 Å². The Kier molecular flexibility index (Phi) is 5.93. The molecule has 1 fully saturated rings. The van der Waals surface area contributed by atoms with Gasteiger partial charge in [-0.3, -0.25) is 4.79 Å². The van der Waals surface area contributed by atoms with Crippen LogP contribution in [0.5, 0.6) is 11.6 Å². The molecule has 1 aromatic carbocycles. The molecule has 6 nitrogen and oxygen atoms in total. The number of hydrogen-bond donors (Lipinski definition) is 0. The summed E-state index contributed by atoms with van der Waals surface area (Å²) in [5.41, 5.74) is 0.944. The monoisotopic (exact) mass is 375 g/mol. The summed E-state index contributed by atoms with van der Waals surface area (Å²) in [4.78, 5) is 22.5. The van der Waals surface area contributed by atoms with Gasteiger partial charge in [-0.1, -0.05) is 11.6 Å². The van der Waals surface area contributed by atoms with Gasteiger partial charge in [0.25, 0.3) is 0 Å². The molecule has 1 saturated heterocycles. The molecule has 138 valence electrons. The zero-order chi connectivity index (χ0) is 18.5. The third-order valence-electron chi connectivity index (χ3n) is 4.42. The first-order valence-electron chi connectivity index (χ1n) is 8.74. The van der Waals surface area contributed by atoms with Crippen molar-refractivity contribution in [2.24, 2.45) is 5.92 Å². The second-order valence-electron chi connectivity index (χ2n) is 6.24. The van der Waals surface area contributed by atoms with E-state index in [9.17, 15) is 4.79 Å². The van der Waals surface area contributed by atoms with Crippen LogP contribution in [0.2, 0.25) is 5.02 Å². The predicted molar refractivity (Wildman–Crippen MR) is 99.9 cm³/mol. The van der Waals surface area contributed by atoms with E-state index < -0.39 is 0 Å². The highest BCUT2D eigenvalue weighted by atomic mass is 35.5. The highest BCUT2D eigenvalue weighted by Crippen LogP contribution is 2.28. The molecule has 0 aliphatic carbocycles. The second kappa shape index (κ2) is 8.36. The molecule has 0 unspecified atom stereocenters. The smallest absolute Gasteiger partial charge is 0.309 e. The standard InChI is InChI=1S/C19H22ClN3O3/c1-3-25-19(24)14-6-8-23(9-7-14)17-11-18(22-12-21-17)26-15-4-5-16(20)13(2)10-15/h4-5,10-12,14H,3,6-9H2,1-2H3. The molecule has 3 rings (SSSR count). The summed E-state index contributed by atoms with van der Waals surface area (Å²) >= 11 is 6.04. The Morgan fingerprint density at radius 2 is 2.04 bits per heavy atom. The van der Waals surface area contributed by atoms with E-state index in [1.165, 1.54) is 6.33 Å². The summed E-state index contributed by atoms with van der Waals surface area (Å²) in [6.07, 6.45) is 3.01. The number of aryl methyl sites for hydroxylation is 1. The number of rotatable bonds is 5. The minimum Gasteiger partial charge on any atom is -0.466 e. The fourth-order valence-electron chi connectivity index (χ4n) is 2.96. The Hall–Kier alpha value is -2.34. The number of carbonyl (C=O) groups is 1. The second-order valence-corrected chi connectivity index (χ2v) is 6.65. The molecule has 0 radical (unpaired) electrons. The van der Waals surface area contributed by atoms with Crippen LogP contribution in [0.15, 0.2) is 30.6 Å². The van der Waals surface area contributed by atoms with Gasteiger partial charge in [0.15, 0.2) is 0 Å². The molecule has 1 aliphatic heterocycles. The molecule has 0 N–H and O–H groups in total. The molecular weight excluding hydrogens is 354 g/mol. The van der Waals surface area contributed by atoms with Crippen molar-refractivity contribution in [2.45, 2.75) is 26.7 Å². The van der Waals surface area contributed by atoms with Gasteiger partial charge >= 0.3 is 5.97 Å². The topological polar surface area (TPSA) is 64.5 Å². The molecule has 0 saturated carbocycles. The number of anilines is 1. The fourth-order valence-corrected chi connectivity index (χ4v) is 3.08. The van der Waals surface area contributed by atoms with E-state index in [1.54, 1.807) is 6.07 Å². The van der Waals surface area contributed by atoms with E-state index in [0.29, 0.717) is 23.3 Å². The molecule has 0 spiro atoms. The third kappa shape index (κ3) is 4.43. The first kappa shape index (κ1) is 18.5. The van der Waals surface area contributed by atoms with E-state index in [0.717, 1.165) is 37.3 Å². The third-order valence-corrected chi connectivity index (χ3v) is 4.84. The SMILES string of the molecule is CCOC(=O)C1CCN(c2cc(Oc3ccc(Cl)c(C)c3)ncn2)CC1. The summed E-state index contributed by atoms with van der Waals surface area (Å²) in [5.74, 6) is 1.82. The molecular formula is C19H22ClN3O3. The Morgan fingerprint density at radius 3 is 2.73 bits per heavy atom. The number of piperidine rings is 1. The lowest BCUT2D eigenvalue weighted by Gasteiger charge is -2.31. The van der Waals surface area contributed by atoms with Crippen LogP contribution in [0.25, 0.3) is 0 Å². The summed E-state index contributed by atoms with van der Waals surface area (Å²) in [6.45, 7) is 5.68. The van der Waals surface area contributed by atoms with Gasteiger partial charge in [-0.15, -0.1) is 0 Å². The van der Waals surface area contributed by atoms with E-state index >= 15 is 0 Å². The van der Waals surface area contributed by atoms with Gasteiger partial charge in [-0.25, -0.2) is 9.97 Å². The molecule has 0 bridgehead atoms. The number of hydrogen-bond acceptors (Lipinski definition) is 6. The van der Waals surface area contributed by atoms with Gasteiger partial charge in [0.1, 0.15) is 17.9 Å². The minimum absolute atomic E-state index is 0.0270. The van der Waals surface area contributed by atoms with Gasteiger partial charge < -0.3 is 14.4 Å². The number of carbonyl (C=O) groups excluding carboxylic acids is 1. The summed E-state index contributed by atoms with van der Waals surface area (Å²) in [7, 11) is 0. The average molecular weight is 376 g/mol. The highest BCUT2D eigenvalue weighted by Gasteiger charge is 2.26. The first-order valence-corrected chi connectivity index (χ1v) is 9.12. The molecule has 26 heavy (non-hydrogen) atoms. The number of halogens is 1. The van der Waals surface area contributed by atoms with Crippen molar-refractivity contribution in [3.63, 3.8) is 0 Å². The number of esters is 1. The number of aromatic nitrogens is 2. The molecule has 2 aromatic rings. The summed E-state index contributed by atoms with van der Waals surface area (Å²) in [5, 5.41) is 0.699. The maximum atomic E-state index is 11.9. The molecule has 7 heteroatoms. The van der Waals surface area contributed by atoms with Gasteiger partial charge in [0, 0.05) is 24.2 Å². The summed E-state index contributed by atoms with van der Waals surface area (Å²) in [6, 6.07) is 7.29. The lowest BCUT2D eigenvalue weighted by atomic mass is 9.97. The Bertz CT molecular complexity index is 776. The van der Waals surface area contributed by atoms with Gasteiger partial charge in [0.05, 0.1) is 12.5 Å². The van der Waals surface area contributed by atoms with Crippen molar-refractivity contribution >= 4 is 23.4 Å². The van der Waals surface area contributed by atoms with Crippen LogP contribution in [0.3, 0.4) is 0 Å². The maximum absolute atomic E-state index is 11.9. The zero-order valence-electron chi connectivity index (χ0n) is 14.9. The first-order chi connectivity index (χ1) is 12.6. The van der Waals surface area contributed by atoms with Crippen molar-refractivity contribution in [3.8, 4) is 11.6 Å². The van der Waals surface area contributed by atoms with Crippen LogP contribution >= 0.6 is 11.6 Å². The minimum atomic E-state index is -0.100. The Labute approximate surface area is 158 Å². The zero-order valence-corrected chi connectivity index (χ0v) is 15.7. The van der Waals surface area contributed by atoms with Crippen LogP contribution in [-0.4, -0.2) is 35.6 Å². The number of benzene rings is 1. The quantitative estimate of drug-likeness (QED) is 0.736. The van der Waals surface area contributed by atoms with Crippen LogP contribution < -0.4 is 9.64 Å². The fraction of sp³-hybridized carbons (Fsp3) is 0.421. The molecule has 0 amide bonds. The van der Waals surface area contributed by atoms with Crippen LogP contribution in [0.4, 0.5) is 5.82 Å². The Balaban J connectivity index is 1.64. The van der Waals surface area contributed by atoms with E-state index in [4.69, 9.17) is 21.1 Å². The molecule has 2 heterocycles. The average Bonchev–Trinajstić information content (AvgIpc) is 2.65. The maximum Gasteiger partial charge on any atom is 0.309 e. The largest absolute Gasteiger partial charge is 0.466 e. The van der Waals surface area contributed by atoms with Crippen LogP contribution in [0, 0.1) is 12.8 Å². The van der Waals surface area contributed by atoms with Crippen molar-refractivity contribution in [3.05, 3.63) is 41.2 Å². The van der Waals surface area contributed by atoms with E-state index in [2.05, 4.69) is 14.9 Å². The number of ether oxygens (including phenoxy) is 2. The normalized spacial score (nSPS) is 15.0. The highest BCUT2D eigenvalue weighted by molar-refractivity contribution is 6.31. The van der Waals surface area contributed by atoms with E-state index in [1.807, 2.05) is 32.0 Å². The predicted octanol–water partition coefficient (Wildman–Crippen LogP) is 4.01. The van der Waals surface area contributed by atoms with Gasteiger partial charge in [-0.05, 0) is 50.5 Å². The molecule has 1 aliphatic rings. The Morgan fingerprint density at radius 1 is 1.27 bits per heavy atom. The van der Waals surface area contributed by atoms with Crippen LogP contribution in [-0.2, 0) is 9.53 Å². The van der Waals surface area contributed by atoms with Gasteiger partial charge in [-0.2, -0.15) is 0 Å². The van der Waals surface area contributed by atoms with Gasteiger partial charge in [0.2, 0.25) is 5.88 Å². The molecule has 1 aromatic heterocycles. The van der Waals surface area contributed by atoms with Crippen molar-refractivity contribution in [1.29, 1.82) is 0 Å². The van der Waals surface area contributed by atoms with Crippen molar-refractivity contribution < 1.29 is 14.3 Å².